The summed E-state index contributed by atoms with van der Waals surface area (Å²) in [5.74, 6) is 1.04. The Morgan fingerprint density at radius 2 is 1.83 bits per heavy atom. The third-order valence-corrected chi connectivity index (χ3v) is 2.97. The van der Waals surface area contributed by atoms with Crippen LogP contribution in [0.4, 0.5) is 0 Å². The number of rotatable bonds is 10. The van der Waals surface area contributed by atoms with E-state index in [-0.39, 0.29) is 0 Å². The van der Waals surface area contributed by atoms with Crippen LogP contribution in [-0.4, -0.2) is 13.2 Å². The van der Waals surface area contributed by atoms with Gasteiger partial charge in [0, 0.05) is 12.1 Å². The van der Waals surface area contributed by atoms with Crippen molar-refractivity contribution in [2.45, 2.75) is 52.5 Å². The lowest BCUT2D eigenvalue weighted by Gasteiger charge is -2.11. The second kappa shape index (κ2) is 9.95. The SMILES string of the molecule is CCCCCCOc1ccccc1CNCCC. The molecule has 0 aromatic heterocycles. The highest BCUT2D eigenvalue weighted by atomic mass is 16.5. The van der Waals surface area contributed by atoms with Gasteiger partial charge in [0.1, 0.15) is 5.75 Å². The molecular formula is C16H27NO. The molecule has 0 amide bonds. The van der Waals surface area contributed by atoms with Crippen molar-refractivity contribution in [3.8, 4) is 5.75 Å². The molecule has 1 aromatic rings. The molecule has 0 fully saturated rings. The summed E-state index contributed by atoms with van der Waals surface area (Å²) >= 11 is 0. The van der Waals surface area contributed by atoms with Crippen molar-refractivity contribution < 1.29 is 4.74 Å². The zero-order valence-electron chi connectivity index (χ0n) is 11.9. The Balaban J connectivity index is 2.33. The molecule has 1 rings (SSSR count). The van der Waals surface area contributed by atoms with Gasteiger partial charge in [0.25, 0.3) is 0 Å². The first-order valence-electron chi connectivity index (χ1n) is 7.30. The molecule has 2 nitrogen and oxygen atoms in total. The van der Waals surface area contributed by atoms with Crippen LogP contribution in [0.3, 0.4) is 0 Å². The number of nitrogens with one attached hydrogen (secondary N) is 1. The van der Waals surface area contributed by atoms with Crippen LogP contribution in [0.25, 0.3) is 0 Å². The third-order valence-electron chi connectivity index (χ3n) is 2.97. The number of ether oxygens (including phenoxy) is 1. The Labute approximate surface area is 112 Å². The van der Waals surface area contributed by atoms with Gasteiger partial charge in [-0.3, -0.25) is 0 Å². The van der Waals surface area contributed by atoms with E-state index in [1.54, 1.807) is 0 Å². The number of para-hydroxylation sites is 1. The minimum Gasteiger partial charge on any atom is -0.493 e. The topological polar surface area (TPSA) is 21.3 Å². The van der Waals surface area contributed by atoms with Gasteiger partial charge in [0.2, 0.25) is 0 Å². The minimum absolute atomic E-state index is 0.838. The molecule has 1 N–H and O–H groups in total. The zero-order chi connectivity index (χ0) is 13.1. The van der Waals surface area contributed by atoms with Gasteiger partial charge in [0.05, 0.1) is 6.61 Å². The highest BCUT2D eigenvalue weighted by molar-refractivity contribution is 5.33. The smallest absolute Gasteiger partial charge is 0.123 e. The Hall–Kier alpha value is -1.02. The molecule has 2 heteroatoms. The maximum absolute atomic E-state index is 5.87. The van der Waals surface area contributed by atoms with Crippen molar-refractivity contribution >= 4 is 0 Å². The van der Waals surface area contributed by atoms with Crippen molar-refractivity contribution in [1.82, 2.24) is 5.32 Å². The highest BCUT2D eigenvalue weighted by Gasteiger charge is 2.01. The van der Waals surface area contributed by atoms with E-state index in [1.807, 2.05) is 6.07 Å². The van der Waals surface area contributed by atoms with Crippen LogP contribution in [0.15, 0.2) is 24.3 Å². The van der Waals surface area contributed by atoms with Gasteiger partial charge in [-0.15, -0.1) is 0 Å². The average Bonchev–Trinajstić information content (AvgIpc) is 2.40. The molecule has 0 heterocycles. The molecule has 0 atom stereocenters. The lowest BCUT2D eigenvalue weighted by atomic mass is 10.2. The van der Waals surface area contributed by atoms with Gasteiger partial charge >= 0.3 is 0 Å². The molecule has 1 aromatic carbocycles. The van der Waals surface area contributed by atoms with Crippen LogP contribution in [0.2, 0.25) is 0 Å². The van der Waals surface area contributed by atoms with E-state index in [1.165, 1.54) is 31.2 Å². The fourth-order valence-electron chi connectivity index (χ4n) is 1.90. The molecule has 0 saturated carbocycles. The molecule has 0 aliphatic heterocycles. The monoisotopic (exact) mass is 249 g/mol. The number of unbranched alkanes of at least 4 members (excludes halogenated alkanes) is 3. The fourth-order valence-corrected chi connectivity index (χ4v) is 1.90. The normalized spacial score (nSPS) is 10.6. The summed E-state index contributed by atoms with van der Waals surface area (Å²) in [6, 6.07) is 8.34. The van der Waals surface area contributed by atoms with E-state index >= 15 is 0 Å². The predicted molar refractivity (Wildman–Crippen MR) is 78.1 cm³/mol. The van der Waals surface area contributed by atoms with E-state index in [9.17, 15) is 0 Å². The number of benzene rings is 1. The van der Waals surface area contributed by atoms with Gasteiger partial charge in [-0.2, -0.15) is 0 Å². The molecule has 0 saturated heterocycles. The summed E-state index contributed by atoms with van der Waals surface area (Å²) in [4.78, 5) is 0. The van der Waals surface area contributed by atoms with Crippen LogP contribution in [-0.2, 0) is 6.54 Å². The van der Waals surface area contributed by atoms with Crippen LogP contribution in [0, 0.1) is 0 Å². The van der Waals surface area contributed by atoms with Crippen molar-refractivity contribution in [2.24, 2.45) is 0 Å². The quantitative estimate of drug-likeness (QED) is 0.629. The van der Waals surface area contributed by atoms with Crippen molar-refractivity contribution in [3.63, 3.8) is 0 Å². The maximum Gasteiger partial charge on any atom is 0.123 e. The third kappa shape index (κ3) is 6.06. The number of hydrogen-bond acceptors (Lipinski definition) is 2. The predicted octanol–water partition coefficient (Wildman–Crippen LogP) is 4.15. The van der Waals surface area contributed by atoms with E-state index in [4.69, 9.17) is 4.74 Å². The van der Waals surface area contributed by atoms with Crippen LogP contribution >= 0.6 is 0 Å². The van der Waals surface area contributed by atoms with Gasteiger partial charge in [-0.25, -0.2) is 0 Å². The fraction of sp³-hybridized carbons (Fsp3) is 0.625. The molecule has 0 aliphatic carbocycles. The van der Waals surface area contributed by atoms with E-state index in [2.05, 4.69) is 37.4 Å². The van der Waals surface area contributed by atoms with Gasteiger partial charge in [0.15, 0.2) is 0 Å². The zero-order valence-corrected chi connectivity index (χ0v) is 11.9. The average molecular weight is 249 g/mol. The van der Waals surface area contributed by atoms with Crippen molar-refractivity contribution in [2.75, 3.05) is 13.2 Å². The van der Waals surface area contributed by atoms with Gasteiger partial charge in [-0.1, -0.05) is 51.3 Å². The first-order chi connectivity index (χ1) is 8.88. The molecule has 0 bridgehead atoms. The Morgan fingerprint density at radius 1 is 1.00 bits per heavy atom. The van der Waals surface area contributed by atoms with Crippen LogP contribution in [0.5, 0.6) is 5.75 Å². The van der Waals surface area contributed by atoms with Crippen LogP contribution in [0.1, 0.15) is 51.5 Å². The highest BCUT2D eigenvalue weighted by Crippen LogP contribution is 2.18. The lowest BCUT2D eigenvalue weighted by molar-refractivity contribution is 0.301. The minimum atomic E-state index is 0.838. The molecule has 0 aliphatic rings. The summed E-state index contributed by atoms with van der Waals surface area (Å²) in [5.41, 5.74) is 1.27. The van der Waals surface area contributed by atoms with Crippen LogP contribution < -0.4 is 10.1 Å². The summed E-state index contributed by atoms with van der Waals surface area (Å²) in [5, 5.41) is 3.42. The molecule has 102 valence electrons. The van der Waals surface area contributed by atoms with E-state index < -0.39 is 0 Å². The first kappa shape index (κ1) is 15.0. The maximum atomic E-state index is 5.87. The standard InChI is InChI=1S/C16H27NO/c1-3-5-6-9-13-18-16-11-8-7-10-15(16)14-17-12-4-2/h7-8,10-11,17H,3-6,9,12-14H2,1-2H3. The second-order valence-electron chi connectivity index (χ2n) is 4.69. The van der Waals surface area contributed by atoms with Crippen molar-refractivity contribution in [3.05, 3.63) is 29.8 Å². The molecule has 18 heavy (non-hydrogen) atoms. The summed E-state index contributed by atoms with van der Waals surface area (Å²) in [6.45, 7) is 7.22. The van der Waals surface area contributed by atoms with Gasteiger partial charge < -0.3 is 10.1 Å². The molecule has 0 spiro atoms. The second-order valence-corrected chi connectivity index (χ2v) is 4.69. The summed E-state index contributed by atoms with van der Waals surface area (Å²) in [6.07, 6.45) is 6.18. The molecule has 0 radical (unpaired) electrons. The molecular weight excluding hydrogens is 222 g/mol. The first-order valence-corrected chi connectivity index (χ1v) is 7.30. The number of hydrogen-bond donors (Lipinski definition) is 1. The van der Waals surface area contributed by atoms with Crippen molar-refractivity contribution in [1.29, 1.82) is 0 Å². The molecule has 0 unspecified atom stereocenters. The summed E-state index contributed by atoms with van der Waals surface area (Å²) in [7, 11) is 0. The Morgan fingerprint density at radius 3 is 2.61 bits per heavy atom. The van der Waals surface area contributed by atoms with E-state index in [0.29, 0.717) is 0 Å². The van der Waals surface area contributed by atoms with Gasteiger partial charge in [-0.05, 0) is 25.5 Å². The summed E-state index contributed by atoms with van der Waals surface area (Å²) < 4.78 is 5.87. The Bertz CT molecular complexity index is 312. The Kier molecular flexibility index (Phi) is 8.32. The largest absolute Gasteiger partial charge is 0.493 e. The van der Waals surface area contributed by atoms with E-state index in [0.717, 1.165) is 31.9 Å². The lowest BCUT2D eigenvalue weighted by Crippen LogP contribution is -2.14.